The topological polar surface area (TPSA) is 88.1 Å². The molecule has 0 rings (SSSR count). The first-order chi connectivity index (χ1) is 8.60. The molecule has 0 spiro atoms. The molecule has 0 heterocycles. The molecule has 0 atom stereocenters. The Labute approximate surface area is 115 Å². The Morgan fingerprint density at radius 3 is 1.84 bits per heavy atom. The molecule has 0 saturated heterocycles. The molecule has 0 unspecified atom stereocenters. The molecule has 0 N–H and O–H groups in total. The summed E-state index contributed by atoms with van der Waals surface area (Å²) >= 11 is 0. The van der Waals surface area contributed by atoms with E-state index < -0.39 is 24.3 Å². The smallest absolute Gasteiger partial charge is 0.315 e. The summed E-state index contributed by atoms with van der Waals surface area (Å²) in [6.07, 6.45) is 0.369. The lowest BCUT2D eigenvalue weighted by atomic mass is 10.5. The van der Waals surface area contributed by atoms with E-state index in [1.54, 1.807) is 27.7 Å². The lowest BCUT2D eigenvalue weighted by Crippen LogP contribution is -2.38. The fourth-order valence-electron chi connectivity index (χ4n) is 1.12. The average molecular weight is 316 g/mol. The molecule has 0 aliphatic heterocycles. The first kappa shape index (κ1) is 18.9. The van der Waals surface area contributed by atoms with Crippen molar-refractivity contribution >= 4 is 18.6 Å². The van der Waals surface area contributed by atoms with E-state index in [1.807, 2.05) is 0 Å². The van der Waals surface area contributed by atoms with Gasteiger partial charge in [-0.05, 0) is 27.7 Å². The minimum absolute atomic E-state index is 0.137. The average Bonchev–Trinajstić information content (AvgIpc) is 2.21. The van der Waals surface area contributed by atoms with Gasteiger partial charge in [0.15, 0.2) is 0 Å². The molecule has 0 bridgehead atoms. The normalized spacial score (nSPS) is 13.6. The maximum absolute atomic E-state index is 11.3. The summed E-state index contributed by atoms with van der Waals surface area (Å²) in [6.45, 7) is 6.60. The van der Waals surface area contributed by atoms with E-state index in [1.165, 1.54) is 0 Å². The zero-order valence-electron chi connectivity index (χ0n) is 11.8. The van der Waals surface area contributed by atoms with Crippen LogP contribution in [0.5, 0.6) is 0 Å². The molecule has 0 aromatic carbocycles. The Balaban J connectivity index is 4.52. The Hall–Kier alpha value is -0.110. The van der Waals surface area contributed by atoms with Crippen LogP contribution in [0.3, 0.4) is 0 Å². The monoisotopic (exact) mass is 316 g/mol. The predicted octanol–water partition coefficient (Wildman–Crippen LogP) is 1.73. The minimum atomic E-state index is -3.54. The van der Waals surface area contributed by atoms with E-state index in [0.717, 1.165) is 6.26 Å². The van der Waals surface area contributed by atoms with E-state index in [4.69, 9.17) is 14.2 Å². The fourth-order valence-corrected chi connectivity index (χ4v) is 2.14. The minimum Gasteiger partial charge on any atom is -0.315 e. The van der Waals surface area contributed by atoms with Crippen molar-refractivity contribution in [3.63, 3.8) is 0 Å². The lowest BCUT2D eigenvalue weighted by molar-refractivity contribution is -0.344. The van der Waals surface area contributed by atoms with Gasteiger partial charge < -0.3 is 14.2 Å². The van der Waals surface area contributed by atoms with Gasteiger partial charge in [0, 0.05) is 0 Å². The highest BCUT2D eigenvalue weighted by molar-refractivity contribution is 7.85. The van der Waals surface area contributed by atoms with Crippen molar-refractivity contribution in [3.8, 4) is 0 Å². The van der Waals surface area contributed by atoms with Crippen molar-refractivity contribution in [1.82, 2.24) is 0 Å². The summed E-state index contributed by atoms with van der Waals surface area (Å²) in [6, 6.07) is 0. The van der Waals surface area contributed by atoms with Gasteiger partial charge in [-0.1, -0.05) is 0 Å². The quantitative estimate of drug-likeness (QED) is 0.262. The molecular formula is C10H21O7PS. The van der Waals surface area contributed by atoms with Crippen molar-refractivity contribution in [3.05, 3.63) is 0 Å². The van der Waals surface area contributed by atoms with Crippen LogP contribution >= 0.6 is 8.46 Å². The molecule has 0 saturated carbocycles. The third-order valence-corrected chi connectivity index (χ3v) is 2.70. The Morgan fingerprint density at radius 1 is 1.05 bits per heavy atom. The van der Waals surface area contributed by atoms with Crippen LogP contribution in [-0.2, 0) is 33.1 Å². The maximum Gasteiger partial charge on any atom is 0.369 e. The lowest BCUT2D eigenvalue weighted by Gasteiger charge is -2.30. The Morgan fingerprint density at radius 2 is 1.53 bits per heavy atom. The van der Waals surface area contributed by atoms with Crippen molar-refractivity contribution in [2.45, 2.75) is 45.6 Å². The third-order valence-electron chi connectivity index (χ3n) is 1.55. The summed E-state index contributed by atoms with van der Waals surface area (Å²) in [4.78, 5) is 0. The van der Waals surface area contributed by atoms with Crippen LogP contribution in [0, 0.1) is 0 Å². The van der Waals surface area contributed by atoms with Gasteiger partial charge in [-0.2, -0.15) is 8.42 Å². The number of ether oxygens (including phenoxy) is 3. The molecule has 0 radical (unpaired) electrons. The third kappa shape index (κ3) is 9.43. The van der Waals surface area contributed by atoms with Gasteiger partial charge in [0.25, 0.3) is 18.6 Å². The van der Waals surface area contributed by atoms with E-state index in [9.17, 15) is 13.0 Å². The van der Waals surface area contributed by atoms with Crippen LogP contribution < -0.4 is 0 Å². The second-order valence-corrected chi connectivity index (χ2v) is 6.70. The van der Waals surface area contributed by atoms with Crippen LogP contribution in [0.4, 0.5) is 0 Å². The highest BCUT2D eigenvalue weighted by atomic mass is 32.2. The summed E-state index contributed by atoms with van der Waals surface area (Å²) in [7, 11) is -4.04. The van der Waals surface area contributed by atoms with Gasteiger partial charge in [0.2, 0.25) is 0 Å². The number of hydrogen-bond acceptors (Lipinski definition) is 7. The van der Waals surface area contributed by atoms with Crippen LogP contribution in [-0.4, -0.2) is 45.8 Å². The van der Waals surface area contributed by atoms with E-state index in [0.29, 0.717) is 0 Å². The van der Waals surface area contributed by atoms with Gasteiger partial charge in [-0.3, -0.25) is 8.75 Å². The molecule has 0 aromatic rings. The predicted molar refractivity (Wildman–Crippen MR) is 69.5 cm³/mol. The zero-order chi connectivity index (χ0) is 15.1. The molecule has 114 valence electrons. The number of rotatable bonds is 10. The first-order valence-corrected chi connectivity index (χ1v) is 8.41. The van der Waals surface area contributed by atoms with Crippen LogP contribution in [0.1, 0.15) is 27.7 Å². The first-order valence-electron chi connectivity index (χ1n) is 5.78. The summed E-state index contributed by atoms with van der Waals surface area (Å²) in [5, 5.41) is 0. The van der Waals surface area contributed by atoms with Gasteiger partial charge >= 0.3 is 5.71 Å². The maximum atomic E-state index is 11.3. The Kier molecular flexibility index (Phi) is 8.19. The van der Waals surface area contributed by atoms with Gasteiger partial charge in [0.05, 0.1) is 31.7 Å². The summed E-state index contributed by atoms with van der Waals surface area (Å²) in [5.41, 5.74) is -1.75. The molecule has 0 amide bonds. The highest BCUT2D eigenvalue weighted by Crippen LogP contribution is 2.31. The fraction of sp³-hybridized carbons (Fsp3) is 1.00. The molecule has 19 heavy (non-hydrogen) atoms. The SMILES string of the molecule is CC(C)OC(OCCOS(C)(=O)=O)(OC(C)C)P=O. The second-order valence-electron chi connectivity index (χ2n) is 4.32. The molecular weight excluding hydrogens is 295 g/mol. The molecule has 0 fully saturated rings. The van der Waals surface area contributed by atoms with E-state index in [2.05, 4.69) is 4.18 Å². The highest BCUT2D eigenvalue weighted by Gasteiger charge is 2.37. The Bertz CT molecular complexity index is 356. The van der Waals surface area contributed by atoms with E-state index >= 15 is 0 Å². The summed E-state index contributed by atoms with van der Waals surface area (Å²) < 4.78 is 53.3. The summed E-state index contributed by atoms with van der Waals surface area (Å²) in [5.74, 6) is 0. The molecule has 0 aliphatic rings. The van der Waals surface area contributed by atoms with Gasteiger partial charge in [-0.25, -0.2) is 0 Å². The van der Waals surface area contributed by atoms with Crippen molar-refractivity contribution < 1.29 is 31.4 Å². The zero-order valence-corrected chi connectivity index (χ0v) is 13.5. The van der Waals surface area contributed by atoms with Crippen LogP contribution in [0.2, 0.25) is 0 Å². The van der Waals surface area contributed by atoms with E-state index in [-0.39, 0.29) is 25.4 Å². The number of hydrogen-bond donors (Lipinski definition) is 0. The van der Waals surface area contributed by atoms with Crippen molar-refractivity contribution in [1.29, 1.82) is 0 Å². The van der Waals surface area contributed by atoms with Crippen molar-refractivity contribution in [2.24, 2.45) is 0 Å². The standard InChI is InChI=1S/C10H21O7PS/c1-8(2)16-10(18-11,17-9(3)4)14-6-7-15-19(5,12)13/h8-9H,6-7H2,1-5H3. The van der Waals surface area contributed by atoms with Crippen LogP contribution in [0.15, 0.2) is 0 Å². The molecule has 9 heteroatoms. The van der Waals surface area contributed by atoms with Crippen molar-refractivity contribution in [2.75, 3.05) is 19.5 Å². The van der Waals surface area contributed by atoms with Crippen LogP contribution in [0.25, 0.3) is 0 Å². The van der Waals surface area contributed by atoms with Gasteiger partial charge in [-0.15, -0.1) is 0 Å². The second kappa shape index (κ2) is 8.24. The molecule has 0 aromatic heterocycles. The largest absolute Gasteiger partial charge is 0.369 e. The van der Waals surface area contributed by atoms with Gasteiger partial charge in [0.1, 0.15) is 0 Å². The molecule has 7 nitrogen and oxygen atoms in total. The molecule has 0 aliphatic carbocycles.